The summed E-state index contributed by atoms with van der Waals surface area (Å²) in [7, 11) is 1.63. The zero-order chi connectivity index (χ0) is 24.8. The third-order valence-electron chi connectivity index (χ3n) is 5.55. The predicted octanol–water partition coefficient (Wildman–Crippen LogP) is 5.65. The molecule has 0 aliphatic rings. The number of ether oxygens (including phenoxy) is 2. The fourth-order valence-corrected chi connectivity index (χ4v) is 4.09. The minimum Gasteiger partial charge on any atom is -0.462 e. The van der Waals surface area contributed by atoms with Crippen LogP contribution in [0.5, 0.6) is 0 Å². The summed E-state index contributed by atoms with van der Waals surface area (Å²) < 4.78 is 12.4. The normalized spacial score (nSPS) is 11.7. The lowest BCUT2D eigenvalue weighted by Crippen LogP contribution is -2.35. The molecule has 3 aromatic heterocycles. The number of rotatable bonds is 4. The second-order valence-corrected chi connectivity index (χ2v) is 9.42. The number of H-pyrrole nitrogens is 1. The summed E-state index contributed by atoms with van der Waals surface area (Å²) in [6, 6.07) is 8.02. The van der Waals surface area contributed by atoms with E-state index in [4.69, 9.17) is 9.47 Å². The number of hydrogen-bond donors (Lipinski definition) is 1. The molecule has 1 aromatic carbocycles. The largest absolute Gasteiger partial charge is 0.462 e. The maximum Gasteiger partial charge on any atom is 0.415 e. The molecule has 0 fully saturated rings. The number of aryl methyl sites for hydroxylation is 2. The van der Waals surface area contributed by atoms with Crippen LogP contribution < -0.4 is 4.90 Å². The number of hydrogen-bond acceptors (Lipinski definition) is 5. The van der Waals surface area contributed by atoms with Gasteiger partial charge < -0.3 is 14.5 Å². The van der Waals surface area contributed by atoms with E-state index in [1.165, 1.54) is 11.1 Å². The monoisotopic (exact) mass is 462 g/mol. The van der Waals surface area contributed by atoms with Crippen LogP contribution in [0.25, 0.3) is 27.5 Å². The number of nitrogens with one attached hydrogen (secondary N) is 1. The quantitative estimate of drug-likeness (QED) is 0.396. The number of carbonyl (C=O) groups excluding carboxylic acids is 2. The summed E-state index contributed by atoms with van der Waals surface area (Å²) in [6.45, 7) is 11.6. The molecule has 3 heterocycles. The highest BCUT2D eigenvalue weighted by atomic mass is 16.6. The van der Waals surface area contributed by atoms with Crippen LogP contribution in [0.4, 0.5) is 10.6 Å². The molecular formula is C26H30N4O4. The van der Waals surface area contributed by atoms with Crippen LogP contribution >= 0.6 is 0 Å². The number of aromatic nitrogens is 3. The molecule has 178 valence electrons. The number of aromatic amines is 1. The van der Waals surface area contributed by atoms with Crippen molar-refractivity contribution in [2.24, 2.45) is 0 Å². The topological polar surface area (TPSA) is 88.9 Å². The molecule has 4 rings (SSSR count). The molecule has 0 spiro atoms. The molecule has 4 aromatic rings. The van der Waals surface area contributed by atoms with Gasteiger partial charge in [-0.05, 0) is 70.9 Å². The SMILES string of the molecule is CCOC(=O)c1cnn2c(N(C)C(=O)OC(C)(C)C)cc(-c3c[nH]c4c(C)cc(C)cc34)cc12. The summed E-state index contributed by atoms with van der Waals surface area (Å²) in [4.78, 5) is 30.3. The number of pyridine rings is 1. The van der Waals surface area contributed by atoms with Crippen molar-refractivity contribution in [1.82, 2.24) is 14.6 Å². The van der Waals surface area contributed by atoms with E-state index in [1.54, 1.807) is 18.5 Å². The van der Waals surface area contributed by atoms with Gasteiger partial charge in [0, 0.05) is 29.7 Å². The Balaban J connectivity index is 1.95. The average Bonchev–Trinajstić information content (AvgIpc) is 3.35. The molecule has 1 amide bonds. The first-order chi connectivity index (χ1) is 16.0. The standard InChI is InChI=1S/C26H30N4O4/c1-8-33-24(31)20-14-28-30-21(20)11-17(12-22(30)29(7)25(32)34-26(4,5)6)19-13-27-23-16(3)9-15(2)10-18(19)23/h9-14,27H,8H2,1-7H3. The van der Waals surface area contributed by atoms with E-state index in [0.29, 0.717) is 16.9 Å². The van der Waals surface area contributed by atoms with Crippen LogP contribution in [-0.2, 0) is 9.47 Å². The number of esters is 1. The summed E-state index contributed by atoms with van der Waals surface area (Å²) in [6.07, 6.45) is 2.89. The first-order valence-electron chi connectivity index (χ1n) is 11.2. The number of anilines is 1. The van der Waals surface area contributed by atoms with E-state index in [-0.39, 0.29) is 6.61 Å². The first kappa shape index (κ1) is 23.4. The highest BCUT2D eigenvalue weighted by molar-refractivity contribution is 6.02. The van der Waals surface area contributed by atoms with Gasteiger partial charge in [0.15, 0.2) is 0 Å². The molecule has 8 heteroatoms. The first-order valence-corrected chi connectivity index (χ1v) is 11.2. The van der Waals surface area contributed by atoms with Crippen molar-refractivity contribution >= 4 is 34.3 Å². The molecule has 0 atom stereocenters. The van der Waals surface area contributed by atoms with Crippen molar-refractivity contribution in [3.63, 3.8) is 0 Å². The van der Waals surface area contributed by atoms with E-state index in [1.807, 2.05) is 39.1 Å². The van der Waals surface area contributed by atoms with E-state index in [0.717, 1.165) is 33.2 Å². The summed E-state index contributed by atoms with van der Waals surface area (Å²) in [5.41, 5.74) is 5.34. The fourth-order valence-electron chi connectivity index (χ4n) is 4.09. The van der Waals surface area contributed by atoms with Crippen molar-refractivity contribution in [3.8, 4) is 11.1 Å². The van der Waals surface area contributed by atoms with Gasteiger partial charge in [0.05, 0.1) is 18.3 Å². The molecule has 0 saturated carbocycles. The second-order valence-electron chi connectivity index (χ2n) is 9.42. The van der Waals surface area contributed by atoms with Crippen LogP contribution in [0.1, 0.15) is 49.2 Å². The summed E-state index contributed by atoms with van der Waals surface area (Å²) >= 11 is 0. The average molecular weight is 463 g/mol. The van der Waals surface area contributed by atoms with Crippen LogP contribution in [0.3, 0.4) is 0 Å². The van der Waals surface area contributed by atoms with Gasteiger partial charge in [0.2, 0.25) is 0 Å². The van der Waals surface area contributed by atoms with Gasteiger partial charge in [-0.1, -0.05) is 11.6 Å². The molecule has 0 aliphatic heterocycles. The molecule has 0 saturated heterocycles. The third kappa shape index (κ3) is 4.23. The Kier molecular flexibility index (Phi) is 5.85. The van der Waals surface area contributed by atoms with Gasteiger partial charge >= 0.3 is 12.1 Å². The second kappa shape index (κ2) is 8.52. The molecule has 0 unspecified atom stereocenters. The summed E-state index contributed by atoms with van der Waals surface area (Å²) in [5.74, 6) is 0.00200. The Morgan fingerprint density at radius 2 is 1.88 bits per heavy atom. The Morgan fingerprint density at radius 1 is 1.15 bits per heavy atom. The maximum absolute atomic E-state index is 12.9. The minimum atomic E-state index is -0.659. The summed E-state index contributed by atoms with van der Waals surface area (Å²) in [5, 5.41) is 5.45. The zero-order valence-electron chi connectivity index (χ0n) is 20.6. The molecule has 8 nitrogen and oxygen atoms in total. The van der Waals surface area contributed by atoms with Gasteiger partial charge in [0.1, 0.15) is 17.0 Å². The maximum atomic E-state index is 12.9. The smallest absolute Gasteiger partial charge is 0.415 e. The number of benzene rings is 1. The van der Waals surface area contributed by atoms with E-state index in [9.17, 15) is 9.59 Å². The minimum absolute atomic E-state index is 0.252. The van der Waals surface area contributed by atoms with E-state index >= 15 is 0 Å². The van der Waals surface area contributed by atoms with Crippen molar-refractivity contribution in [2.75, 3.05) is 18.6 Å². The predicted molar refractivity (Wildman–Crippen MR) is 133 cm³/mol. The van der Waals surface area contributed by atoms with Crippen molar-refractivity contribution in [2.45, 2.75) is 47.1 Å². The van der Waals surface area contributed by atoms with E-state index in [2.05, 4.69) is 36.1 Å². The number of nitrogens with zero attached hydrogens (tertiary/aromatic N) is 3. The van der Waals surface area contributed by atoms with Crippen LogP contribution in [0, 0.1) is 13.8 Å². The van der Waals surface area contributed by atoms with Gasteiger partial charge in [0.25, 0.3) is 0 Å². The number of amides is 1. The van der Waals surface area contributed by atoms with Crippen LogP contribution in [0.15, 0.2) is 36.7 Å². The fraction of sp³-hybridized carbons (Fsp3) is 0.346. The Labute approximate surface area is 198 Å². The molecule has 0 radical (unpaired) electrons. The molecule has 1 N–H and O–H groups in total. The van der Waals surface area contributed by atoms with Gasteiger partial charge in [-0.3, -0.25) is 4.90 Å². The Morgan fingerprint density at radius 3 is 2.56 bits per heavy atom. The molecular weight excluding hydrogens is 432 g/mol. The van der Waals surface area contributed by atoms with Crippen molar-refractivity contribution < 1.29 is 19.1 Å². The molecule has 34 heavy (non-hydrogen) atoms. The van der Waals surface area contributed by atoms with Crippen LogP contribution in [-0.4, -0.2) is 45.9 Å². The highest BCUT2D eigenvalue weighted by Gasteiger charge is 2.25. The lowest BCUT2D eigenvalue weighted by molar-refractivity contribution is 0.0527. The molecule has 0 bridgehead atoms. The van der Waals surface area contributed by atoms with Crippen LogP contribution in [0.2, 0.25) is 0 Å². The van der Waals surface area contributed by atoms with Gasteiger partial charge in [-0.15, -0.1) is 0 Å². The van der Waals surface area contributed by atoms with Gasteiger partial charge in [-0.2, -0.15) is 5.10 Å². The lowest BCUT2D eigenvalue weighted by Gasteiger charge is -2.25. The van der Waals surface area contributed by atoms with E-state index < -0.39 is 17.7 Å². The van der Waals surface area contributed by atoms with Crippen molar-refractivity contribution in [3.05, 3.63) is 53.3 Å². The Hall–Kier alpha value is -3.81. The van der Waals surface area contributed by atoms with Crippen molar-refractivity contribution in [1.29, 1.82) is 0 Å². The lowest BCUT2D eigenvalue weighted by atomic mass is 10.0. The Bertz CT molecular complexity index is 1410. The van der Waals surface area contributed by atoms with Gasteiger partial charge in [-0.25, -0.2) is 14.1 Å². The molecule has 0 aliphatic carbocycles. The number of fused-ring (bicyclic) bond motifs is 2. The number of carbonyl (C=O) groups is 2. The highest BCUT2D eigenvalue weighted by Crippen LogP contribution is 2.35. The zero-order valence-corrected chi connectivity index (χ0v) is 20.6. The third-order valence-corrected chi connectivity index (χ3v) is 5.55.